The van der Waals surface area contributed by atoms with E-state index in [1.807, 2.05) is 20.8 Å². The van der Waals surface area contributed by atoms with Gasteiger partial charge in [-0.1, -0.05) is 19.0 Å². The van der Waals surface area contributed by atoms with Crippen molar-refractivity contribution in [3.8, 4) is 0 Å². The first kappa shape index (κ1) is 13.8. The second-order valence-electron chi connectivity index (χ2n) is 4.37. The van der Waals surface area contributed by atoms with Gasteiger partial charge in [-0.2, -0.15) is 4.98 Å². The molecule has 0 fully saturated rings. The Hall–Kier alpha value is -1.23. The lowest BCUT2D eigenvalue weighted by Crippen LogP contribution is -2.12. The molecule has 0 aliphatic carbocycles. The Morgan fingerprint density at radius 2 is 2.18 bits per heavy atom. The Balaban J connectivity index is 2.67. The predicted molar refractivity (Wildman–Crippen MR) is 62.5 cm³/mol. The zero-order chi connectivity index (χ0) is 12.8. The fourth-order valence-electron chi connectivity index (χ4n) is 1.51. The van der Waals surface area contributed by atoms with Gasteiger partial charge < -0.3 is 14.1 Å². The van der Waals surface area contributed by atoms with Crippen molar-refractivity contribution in [2.75, 3.05) is 6.61 Å². The maximum atomic E-state index is 10.9. The molecule has 0 saturated heterocycles. The van der Waals surface area contributed by atoms with Crippen LogP contribution in [0.2, 0.25) is 0 Å². The fraction of sp³-hybridized carbons (Fsp3) is 0.750. The average molecular weight is 240 g/mol. The largest absolute Gasteiger partial charge is 0.370 e. The summed E-state index contributed by atoms with van der Waals surface area (Å²) < 4.78 is 10.7. The molecule has 96 valence electrons. The van der Waals surface area contributed by atoms with Gasteiger partial charge in [0.25, 0.3) is 0 Å². The van der Waals surface area contributed by atoms with Crippen LogP contribution >= 0.6 is 0 Å². The minimum absolute atomic E-state index is 0.120. The van der Waals surface area contributed by atoms with Crippen LogP contribution in [-0.4, -0.2) is 22.5 Å². The van der Waals surface area contributed by atoms with E-state index in [-0.39, 0.29) is 17.8 Å². The van der Waals surface area contributed by atoms with Gasteiger partial charge in [0, 0.05) is 19.4 Å². The molecule has 0 aromatic carbocycles. The summed E-state index contributed by atoms with van der Waals surface area (Å²) in [7, 11) is 0. The molecule has 0 aliphatic heterocycles. The van der Waals surface area contributed by atoms with Crippen molar-refractivity contribution in [2.24, 2.45) is 5.92 Å². The zero-order valence-electron chi connectivity index (χ0n) is 10.9. The van der Waals surface area contributed by atoms with Gasteiger partial charge in [0.05, 0.1) is 0 Å². The number of nitrogens with zero attached hydrogens (tertiary/aromatic N) is 2. The summed E-state index contributed by atoms with van der Waals surface area (Å²) in [5.41, 5.74) is 0. The molecule has 1 atom stereocenters. The van der Waals surface area contributed by atoms with Gasteiger partial charge in [0.15, 0.2) is 0 Å². The highest BCUT2D eigenvalue weighted by Gasteiger charge is 2.22. The molecule has 1 aromatic heterocycles. The summed E-state index contributed by atoms with van der Waals surface area (Å²) in [4.78, 5) is 15.1. The highest BCUT2D eigenvalue weighted by atomic mass is 16.5. The topological polar surface area (TPSA) is 65.2 Å². The number of carbonyl (C=O) groups excluding carboxylic acids is 1. The van der Waals surface area contributed by atoms with Crippen molar-refractivity contribution in [1.82, 2.24) is 10.1 Å². The van der Waals surface area contributed by atoms with Crippen LogP contribution in [0, 0.1) is 5.92 Å². The van der Waals surface area contributed by atoms with Crippen molar-refractivity contribution in [1.29, 1.82) is 0 Å². The third-order valence-corrected chi connectivity index (χ3v) is 2.38. The van der Waals surface area contributed by atoms with Gasteiger partial charge in [-0.15, -0.1) is 0 Å². The van der Waals surface area contributed by atoms with Gasteiger partial charge in [-0.25, -0.2) is 0 Å². The second kappa shape index (κ2) is 6.49. The van der Waals surface area contributed by atoms with Crippen LogP contribution in [0.15, 0.2) is 4.52 Å². The van der Waals surface area contributed by atoms with Crippen molar-refractivity contribution in [3.05, 3.63) is 11.7 Å². The molecular formula is C12H20N2O3. The first-order chi connectivity index (χ1) is 8.04. The van der Waals surface area contributed by atoms with E-state index in [1.165, 1.54) is 0 Å². The number of hydrogen-bond donors (Lipinski definition) is 0. The first-order valence-corrected chi connectivity index (χ1v) is 5.98. The molecule has 0 amide bonds. The molecular weight excluding hydrogens is 220 g/mol. The number of carbonyl (C=O) groups is 1. The minimum Gasteiger partial charge on any atom is -0.370 e. The Morgan fingerprint density at radius 1 is 1.47 bits per heavy atom. The molecule has 0 spiro atoms. The summed E-state index contributed by atoms with van der Waals surface area (Å²) in [6.45, 7) is 8.19. The first-order valence-electron chi connectivity index (χ1n) is 5.98. The van der Waals surface area contributed by atoms with Crippen molar-refractivity contribution in [3.63, 3.8) is 0 Å². The van der Waals surface area contributed by atoms with E-state index in [0.29, 0.717) is 31.2 Å². The van der Waals surface area contributed by atoms with Crippen LogP contribution < -0.4 is 0 Å². The van der Waals surface area contributed by atoms with Gasteiger partial charge in [-0.3, -0.25) is 0 Å². The number of rotatable bonds is 7. The van der Waals surface area contributed by atoms with Crippen LogP contribution in [0.1, 0.15) is 51.9 Å². The smallest absolute Gasteiger partial charge is 0.227 e. The monoisotopic (exact) mass is 240 g/mol. The van der Waals surface area contributed by atoms with Crippen LogP contribution in [0.3, 0.4) is 0 Å². The Kier molecular flexibility index (Phi) is 5.28. The maximum Gasteiger partial charge on any atom is 0.227 e. The van der Waals surface area contributed by atoms with E-state index >= 15 is 0 Å². The lowest BCUT2D eigenvalue weighted by molar-refractivity contribution is -0.117. The molecule has 0 bridgehead atoms. The van der Waals surface area contributed by atoms with Gasteiger partial charge in [0.2, 0.25) is 11.7 Å². The highest BCUT2D eigenvalue weighted by Crippen LogP contribution is 2.23. The van der Waals surface area contributed by atoms with Gasteiger partial charge in [0.1, 0.15) is 11.9 Å². The quantitative estimate of drug-likeness (QED) is 0.731. The van der Waals surface area contributed by atoms with Crippen LogP contribution in [-0.2, 0) is 16.0 Å². The van der Waals surface area contributed by atoms with Crippen molar-refractivity contribution in [2.45, 2.75) is 46.6 Å². The lowest BCUT2D eigenvalue weighted by Gasteiger charge is -2.16. The van der Waals surface area contributed by atoms with Crippen molar-refractivity contribution < 1.29 is 14.1 Å². The molecule has 0 aliphatic rings. The minimum atomic E-state index is -0.144. The molecule has 1 rings (SSSR count). The standard InChI is InChI=1S/C12H20N2O3/c1-5-16-11(8(2)3)12-13-10(17-14-12)7-6-9(4)15/h8,11H,5-7H2,1-4H3. The third kappa shape index (κ3) is 4.26. The van der Waals surface area contributed by atoms with E-state index in [0.717, 1.165) is 0 Å². The number of hydrogen-bond acceptors (Lipinski definition) is 5. The summed E-state index contributed by atoms with van der Waals surface area (Å²) in [6, 6.07) is 0. The number of ketones is 1. The highest BCUT2D eigenvalue weighted by molar-refractivity contribution is 5.75. The molecule has 5 nitrogen and oxygen atoms in total. The van der Waals surface area contributed by atoms with E-state index in [9.17, 15) is 4.79 Å². The van der Waals surface area contributed by atoms with E-state index in [4.69, 9.17) is 9.26 Å². The third-order valence-electron chi connectivity index (χ3n) is 2.38. The Bertz CT molecular complexity index is 360. The normalized spacial score (nSPS) is 13.0. The molecule has 0 saturated carbocycles. The maximum absolute atomic E-state index is 10.9. The van der Waals surface area contributed by atoms with E-state index < -0.39 is 0 Å². The second-order valence-corrected chi connectivity index (χ2v) is 4.37. The SMILES string of the molecule is CCOC(c1noc(CCC(C)=O)n1)C(C)C. The average Bonchev–Trinajstić information content (AvgIpc) is 2.71. The molecule has 17 heavy (non-hydrogen) atoms. The lowest BCUT2D eigenvalue weighted by atomic mass is 10.1. The van der Waals surface area contributed by atoms with Crippen LogP contribution in [0.4, 0.5) is 0 Å². The van der Waals surface area contributed by atoms with E-state index in [2.05, 4.69) is 10.1 Å². The molecule has 1 aromatic rings. The Morgan fingerprint density at radius 3 is 2.71 bits per heavy atom. The van der Waals surface area contributed by atoms with Gasteiger partial charge >= 0.3 is 0 Å². The van der Waals surface area contributed by atoms with Gasteiger partial charge in [-0.05, 0) is 19.8 Å². The molecule has 0 N–H and O–H groups in total. The summed E-state index contributed by atoms with van der Waals surface area (Å²) >= 11 is 0. The van der Waals surface area contributed by atoms with E-state index in [1.54, 1.807) is 6.92 Å². The molecule has 5 heteroatoms. The number of aryl methyl sites for hydroxylation is 1. The van der Waals surface area contributed by atoms with Crippen molar-refractivity contribution >= 4 is 5.78 Å². The van der Waals surface area contributed by atoms with Crippen LogP contribution in [0.25, 0.3) is 0 Å². The molecule has 1 unspecified atom stereocenters. The number of aromatic nitrogens is 2. The molecule has 0 radical (unpaired) electrons. The summed E-state index contributed by atoms with van der Waals surface area (Å²) in [5, 5.41) is 3.91. The zero-order valence-corrected chi connectivity index (χ0v) is 10.9. The summed E-state index contributed by atoms with van der Waals surface area (Å²) in [6.07, 6.45) is 0.789. The fourth-order valence-corrected chi connectivity index (χ4v) is 1.51. The summed E-state index contributed by atoms with van der Waals surface area (Å²) in [5.74, 6) is 1.48. The number of ether oxygens (including phenoxy) is 1. The van der Waals surface area contributed by atoms with Crippen LogP contribution in [0.5, 0.6) is 0 Å². The Labute approximate surface area is 102 Å². The number of Topliss-reactive ketones (excluding diaryl/α,β-unsaturated/α-hetero) is 1. The predicted octanol–water partition coefficient (Wildman–Crippen LogP) is 2.32. The molecule has 1 heterocycles.